The van der Waals surface area contributed by atoms with Gasteiger partial charge < -0.3 is 15.4 Å². The highest BCUT2D eigenvalue weighted by Gasteiger charge is 2.17. The predicted octanol–water partition coefficient (Wildman–Crippen LogP) is 1.87. The molecular weight excluding hydrogens is 242 g/mol. The molecule has 0 amide bonds. The Kier molecular flexibility index (Phi) is 4.76. The van der Waals surface area contributed by atoms with Crippen LogP contribution in [-0.2, 0) is 0 Å². The van der Waals surface area contributed by atoms with E-state index >= 15 is 0 Å². The Labute approximate surface area is 114 Å². The van der Waals surface area contributed by atoms with Crippen LogP contribution in [0.4, 0.5) is 11.9 Å². The molecule has 1 aromatic rings. The SMILES string of the molecule is CCOc1nc(N)nc(N(C)CC2CCCCC2)n1. The summed E-state index contributed by atoms with van der Waals surface area (Å²) in [5.74, 6) is 1.54. The van der Waals surface area contributed by atoms with Crippen molar-refractivity contribution in [1.29, 1.82) is 0 Å². The highest BCUT2D eigenvalue weighted by atomic mass is 16.5. The van der Waals surface area contributed by atoms with Gasteiger partial charge in [0.25, 0.3) is 0 Å². The Balaban J connectivity index is 2.02. The number of aromatic nitrogens is 3. The minimum Gasteiger partial charge on any atom is -0.464 e. The van der Waals surface area contributed by atoms with Gasteiger partial charge in [-0.05, 0) is 25.7 Å². The molecular formula is C13H23N5O. The summed E-state index contributed by atoms with van der Waals surface area (Å²) in [5.41, 5.74) is 5.69. The zero-order valence-corrected chi connectivity index (χ0v) is 11.8. The van der Waals surface area contributed by atoms with Crippen LogP contribution in [0.25, 0.3) is 0 Å². The van der Waals surface area contributed by atoms with Crippen molar-refractivity contribution in [2.45, 2.75) is 39.0 Å². The Morgan fingerprint density at radius 3 is 2.63 bits per heavy atom. The predicted molar refractivity (Wildman–Crippen MR) is 75.3 cm³/mol. The summed E-state index contributed by atoms with van der Waals surface area (Å²) in [5, 5.41) is 0. The number of ether oxygens (including phenoxy) is 1. The van der Waals surface area contributed by atoms with E-state index in [1.54, 1.807) is 0 Å². The van der Waals surface area contributed by atoms with Crippen molar-refractivity contribution >= 4 is 11.9 Å². The molecule has 0 aliphatic heterocycles. The molecule has 0 unspecified atom stereocenters. The van der Waals surface area contributed by atoms with Crippen LogP contribution >= 0.6 is 0 Å². The molecule has 0 spiro atoms. The quantitative estimate of drug-likeness (QED) is 0.875. The summed E-state index contributed by atoms with van der Waals surface area (Å²) < 4.78 is 5.30. The number of hydrogen-bond donors (Lipinski definition) is 1. The van der Waals surface area contributed by atoms with Crippen molar-refractivity contribution in [3.63, 3.8) is 0 Å². The molecule has 106 valence electrons. The molecule has 1 fully saturated rings. The van der Waals surface area contributed by atoms with Gasteiger partial charge in [-0.1, -0.05) is 19.3 Å². The van der Waals surface area contributed by atoms with E-state index in [0.29, 0.717) is 18.6 Å². The van der Waals surface area contributed by atoms with Gasteiger partial charge in [0.05, 0.1) is 6.61 Å². The highest BCUT2D eigenvalue weighted by molar-refractivity contribution is 5.35. The summed E-state index contributed by atoms with van der Waals surface area (Å²) >= 11 is 0. The molecule has 2 rings (SSSR count). The number of anilines is 2. The van der Waals surface area contributed by atoms with E-state index in [1.165, 1.54) is 32.1 Å². The minimum absolute atomic E-state index is 0.212. The fraction of sp³-hybridized carbons (Fsp3) is 0.769. The standard InChI is InChI=1S/C13H23N5O/c1-3-19-13-16-11(14)15-12(17-13)18(2)9-10-7-5-4-6-8-10/h10H,3-9H2,1-2H3,(H2,14,15,16,17). The maximum Gasteiger partial charge on any atom is 0.323 e. The minimum atomic E-state index is 0.212. The van der Waals surface area contributed by atoms with Gasteiger partial charge in [-0.2, -0.15) is 15.0 Å². The van der Waals surface area contributed by atoms with E-state index in [0.717, 1.165) is 12.5 Å². The van der Waals surface area contributed by atoms with Gasteiger partial charge in [-0.15, -0.1) is 0 Å². The highest BCUT2D eigenvalue weighted by Crippen LogP contribution is 2.25. The van der Waals surface area contributed by atoms with E-state index < -0.39 is 0 Å². The Bertz CT molecular complexity index is 406. The van der Waals surface area contributed by atoms with Crippen LogP contribution in [0.2, 0.25) is 0 Å². The van der Waals surface area contributed by atoms with E-state index in [-0.39, 0.29) is 5.95 Å². The normalized spacial score (nSPS) is 16.3. The fourth-order valence-electron chi connectivity index (χ4n) is 2.56. The van der Waals surface area contributed by atoms with Crippen LogP contribution in [0.5, 0.6) is 6.01 Å². The third kappa shape index (κ3) is 3.94. The third-order valence-electron chi connectivity index (χ3n) is 3.49. The average Bonchev–Trinajstić information content (AvgIpc) is 2.39. The van der Waals surface area contributed by atoms with Crippen molar-refractivity contribution in [2.24, 2.45) is 5.92 Å². The smallest absolute Gasteiger partial charge is 0.323 e. The van der Waals surface area contributed by atoms with Gasteiger partial charge in [0.2, 0.25) is 11.9 Å². The lowest BCUT2D eigenvalue weighted by molar-refractivity contribution is 0.311. The topological polar surface area (TPSA) is 77.2 Å². The molecule has 0 atom stereocenters. The lowest BCUT2D eigenvalue weighted by atomic mass is 9.89. The van der Waals surface area contributed by atoms with E-state index in [4.69, 9.17) is 10.5 Å². The molecule has 2 N–H and O–H groups in total. The molecule has 19 heavy (non-hydrogen) atoms. The van der Waals surface area contributed by atoms with Crippen LogP contribution < -0.4 is 15.4 Å². The number of nitrogens with two attached hydrogens (primary N) is 1. The van der Waals surface area contributed by atoms with Gasteiger partial charge in [-0.3, -0.25) is 0 Å². The number of hydrogen-bond acceptors (Lipinski definition) is 6. The summed E-state index contributed by atoms with van der Waals surface area (Å²) in [6.07, 6.45) is 6.63. The first-order chi connectivity index (χ1) is 9.19. The van der Waals surface area contributed by atoms with Gasteiger partial charge >= 0.3 is 6.01 Å². The van der Waals surface area contributed by atoms with Crippen LogP contribution in [0, 0.1) is 5.92 Å². The van der Waals surface area contributed by atoms with Crippen LogP contribution in [-0.4, -0.2) is 35.2 Å². The molecule has 0 saturated heterocycles. The molecule has 1 saturated carbocycles. The molecule has 6 heteroatoms. The Morgan fingerprint density at radius 2 is 1.95 bits per heavy atom. The second-order valence-corrected chi connectivity index (χ2v) is 5.09. The fourth-order valence-corrected chi connectivity index (χ4v) is 2.56. The summed E-state index contributed by atoms with van der Waals surface area (Å²) in [6, 6.07) is 0.306. The average molecular weight is 265 g/mol. The van der Waals surface area contributed by atoms with Crippen molar-refractivity contribution in [3.8, 4) is 6.01 Å². The molecule has 1 aliphatic carbocycles. The second kappa shape index (κ2) is 6.54. The van der Waals surface area contributed by atoms with Gasteiger partial charge in [0.15, 0.2) is 0 Å². The van der Waals surface area contributed by atoms with Crippen molar-refractivity contribution in [2.75, 3.05) is 30.8 Å². The monoisotopic (exact) mass is 265 g/mol. The lowest BCUT2D eigenvalue weighted by Gasteiger charge is -2.27. The largest absolute Gasteiger partial charge is 0.464 e. The van der Waals surface area contributed by atoms with Gasteiger partial charge in [0.1, 0.15) is 0 Å². The first-order valence-corrected chi connectivity index (χ1v) is 7.04. The maximum absolute atomic E-state index is 5.69. The molecule has 0 radical (unpaired) electrons. The van der Waals surface area contributed by atoms with Gasteiger partial charge in [-0.25, -0.2) is 0 Å². The Hall–Kier alpha value is -1.59. The summed E-state index contributed by atoms with van der Waals surface area (Å²) in [4.78, 5) is 14.5. The van der Waals surface area contributed by atoms with Crippen LogP contribution in [0.15, 0.2) is 0 Å². The lowest BCUT2D eigenvalue weighted by Crippen LogP contribution is -2.28. The molecule has 6 nitrogen and oxygen atoms in total. The zero-order chi connectivity index (χ0) is 13.7. The van der Waals surface area contributed by atoms with E-state index in [2.05, 4.69) is 19.9 Å². The van der Waals surface area contributed by atoms with Gasteiger partial charge in [0, 0.05) is 13.6 Å². The molecule has 1 heterocycles. The molecule has 1 aromatic heterocycles. The number of nitrogens with zero attached hydrogens (tertiary/aromatic N) is 4. The van der Waals surface area contributed by atoms with Crippen molar-refractivity contribution in [3.05, 3.63) is 0 Å². The van der Waals surface area contributed by atoms with Crippen LogP contribution in [0.3, 0.4) is 0 Å². The molecule has 0 aromatic carbocycles. The second-order valence-electron chi connectivity index (χ2n) is 5.09. The summed E-state index contributed by atoms with van der Waals surface area (Å²) in [6.45, 7) is 3.38. The van der Waals surface area contributed by atoms with Crippen LogP contribution in [0.1, 0.15) is 39.0 Å². The first-order valence-electron chi connectivity index (χ1n) is 7.04. The zero-order valence-electron chi connectivity index (χ0n) is 11.8. The third-order valence-corrected chi connectivity index (χ3v) is 3.49. The first kappa shape index (κ1) is 13.8. The number of nitrogen functional groups attached to an aromatic ring is 1. The van der Waals surface area contributed by atoms with Crippen molar-refractivity contribution < 1.29 is 4.74 Å². The maximum atomic E-state index is 5.69. The number of rotatable bonds is 5. The van der Waals surface area contributed by atoms with E-state index in [1.807, 2.05) is 14.0 Å². The summed E-state index contributed by atoms with van der Waals surface area (Å²) in [7, 11) is 2.00. The van der Waals surface area contributed by atoms with Crippen molar-refractivity contribution in [1.82, 2.24) is 15.0 Å². The van der Waals surface area contributed by atoms with E-state index in [9.17, 15) is 0 Å². The molecule has 0 bridgehead atoms. The molecule has 1 aliphatic rings. The Morgan fingerprint density at radius 1 is 1.21 bits per heavy atom.